The van der Waals surface area contributed by atoms with Crippen molar-refractivity contribution in [3.63, 3.8) is 0 Å². The number of carbonyl (C=O) groups is 1. The summed E-state index contributed by atoms with van der Waals surface area (Å²) in [5.74, 6) is 0.774. The third-order valence-corrected chi connectivity index (χ3v) is 4.53. The first kappa shape index (κ1) is 26.4. The Balaban J connectivity index is 0.00000450. The monoisotopic (exact) mass is 533 g/mol. The zero-order valence-electron chi connectivity index (χ0n) is 18.1. The Morgan fingerprint density at radius 3 is 2.70 bits per heavy atom. The van der Waals surface area contributed by atoms with Crippen molar-refractivity contribution in [2.45, 2.75) is 32.7 Å². The second-order valence-corrected chi connectivity index (χ2v) is 6.91. The lowest BCUT2D eigenvalue weighted by atomic mass is 10.2. The van der Waals surface area contributed by atoms with Gasteiger partial charge in [-0.3, -0.25) is 0 Å². The van der Waals surface area contributed by atoms with E-state index in [2.05, 4.69) is 20.9 Å². The third kappa shape index (κ3) is 10.4. The summed E-state index contributed by atoms with van der Waals surface area (Å²) in [7, 11) is 1.67. The van der Waals surface area contributed by atoms with Crippen LogP contribution in [0.15, 0.2) is 29.3 Å². The number of benzene rings is 1. The normalized spacial score (nSPS) is 13.7. The molecule has 30 heavy (non-hydrogen) atoms. The number of hydrogen-bond acceptors (Lipinski definition) is 4. The number of amides is 2. The number of nitrogens with zero attached hydrogens (tertiary/aromatic N) is 2. The predicted octanol–water partition coefficient (Wildman–Crippen LogP) is 3.04. The minimum Gasteiger partial charge on any atom is -0.382 e. The van der Waals surface area contributed by atoms with Crippen LogP contribution in [0.4, 0.5) is 10.5 Å². The molecule has 3 N–H and O–H groups in total. The number of aliphatic imine (C=N–C) groups is 1. The van der Waals surface area contributed by atoms with Gasteiger partial charge in [0.2, 0.25) is 0 Å². The van der Waals surface area contributed by atoms with Crippen LogP contribution in [-0.4, -0.2) is 70.0 Å². The lowest BCUT2D eigenvalue weighted by Gasteiger charge is -2.16. The first-order valence-corrected chi connectivity index (χ1v) is 10.5. The second kappa shape index (κ2) is 16.1. The Morgan fingerprint density at radius 1 is 1.17 bits per heavy atom. The fourth-order valence-corrected chi connectivity index (χ4v) is 3.01. The maximum atomic E-state index is 12.3. The fourth-order valence-electron chi connectivity index (χ4n) is 3.01. The Kier molecular flexibility index (Phi) is 14.2. The zero-order chi connectivity index (χ0) is 20.7. The highest BCUT2D eigenvalue weighted by Gasteiger charge is 2.17. The highest BCUT2D eigenvalue weighted by molar-refractivity contribution is 14.0. The molecule has 0 atom stereocenters. The number of urea groups is 1. The van der Waals surface area contributed by atoms with Crippen molar-refractivity contribution in [3.05, 3.63) is 29.8 Å². The number of rotatable bonds is 11. The number of carbonyl (C=O) groups excluding carboxylic acids is 1. The average Bonchev–Trinajstić information content (AvgIpc) is 3.26. The molecule has 0 aromatic heterocycles. The summed E-state index contributed by atoms with van der Waals surface area (Å²) in [6.45, 7) is 7.76. The molecule has 170 valence electrons. The molecule has 0 spiro atoms. The van der Waals surface area contributed by atoms with E-state index in [1.54, 1.807) is 7.11 Å². The van der Waals surface area contributed by atoms with E-state index >= 15 is 0 Å². The molecule has 0 aliphatic carbocycles. The average molecular weight is 533 g/mol. The summed E-state index contributed by atoms with van der Waals surface area (Å²) >= 11 is 0. The molecular weight excluding hydrogens is 497 g/mol. The minimum atomic E-state index is -0.0223. The standard InChI is InChI=1S/C21H35N5O3.HI/c1-3-22-20(23-10-7-13-29-15-14-28-2)24-17-18-8-6-9-19(16-18)25-21(27)26-11-4-5-12-26;/h6,8-9,16H,3-5,7,10-15,17H2,1-2H3,(H,25,27)(H2,22,23,24);1H. The van der Waals surface area contributed by atoms with E-state index in [-0.39, 0.29) is 30.0 Å². The number of methoxy groups -OCH3 is 1. The molecule has 1 aromatic carbocycles. The molecular formula is C21H36IN5O3. The molecule has 1 fully saturated rings. The van der Waals surface area contributed by atoms with E-state index in [1.807, 2.05) is 36.1 Å². The van der Waals surface area contributed by atoms with E-state index in [9.17, 15) is 4.79 Å². The number of nitrogens with one attached hydrogen (secondary N) is 3. The lowest BCUT2D eigenvalue weighted by Crippen LogP contribution is -2.38. The Labute approximate surface area is 197 Å². The van der Waals surface area contributed by atoms with Gasteiger partial charge in [-0.15, -0.1) is 24.0 Å². The van der Waals surface area contributed by atoms with Gasteiger partial charge < -0.3 is 30.3 Å². The van der Waals surface area contributed by atoms with Gasteiger partial charge in [0.05, 0.1) is 19.8 Å². The van der Waals surface area contributed by atoms with Crippen molar-refractivity contribution in [2.24, 2.45) is 4.99 Å². The van der Waals surface area contributed by atoms with Crippen LogP contribution in [0.25, 0.3) is 0 Å². The highest BCUT2D eigenvalue weighted by Crippen LogP contribution is 2.14. The Hall–Kier alpha value is -1.59. The molecule has 1 saturated heterocycles. The topological polar surface area (TPSA) is 87.2 Å². The summed E-state index contributed by atoms with van der Waals surface area (Å²) in [5, 5.41) is 9.55. The molecule has 0 unspecified atom stereocenters. The van der Waals surface area contributed by atoms with Crippen LogP contribution in [0.5, 0.6) is 0 Å². The lowest BCUT2D eigenvalue weighted by molar-refractivity contribution is 0.0698. The number of anilines is 1. The smallest absolute Gasteiger partial charge is 0.321 e. The molecule has 8 nitrogen and oxygen atoms in total. The van der Waals surface area contributed by atoms with E-state index in [1.165, 1.54) is 0 Å². The molecule has 2 rings (SSSR count). The summed E-state index contributed by atoms with van der Waals surface area (Å²) < 4.78 is 10.4. The molecule has 1 aromatic rings. The number of likely N-dealkylation sites (tertiary alicyclic amines) is 1. The molecule has 0 radical (unpaired) electrons. The third-order valence-electron chi connectivity index (χ3n) is 4.53. The van der Waals surface area contributed by atoms with Gasteiger partial charge in [-0.2, -0.15) is 0 Å². The van der Waals surface area contributed by atoms with Crippen LogP contribution in [-0.2, 0) is 16.0 Å². The first-order valence-electron chi connectivity index (χ1n) is 10.5. The SMILES string of the molecule is CCNC(=NCc1cccc(NC(=O)N2CCCC2)c1)NCCCOCCOC.I. The summed E-state index contributed by atoms with van der Waals surface area (Å²) in [4.78, 5) is 18.8. The van der Waals surface area contributed by atoms with Crippen LogP contribution >= 0.6 is 24.0 Å². The quantitative estimate of drug-likeness (QED) is 0.176. The van der Waals surface area contributed by atoms with Crippen molar-refractivity contribution < 1.29 is 14.3 Å². The van der Waals surface area contributed by atoms with Crippen molar-refractivity contribution in [3.8, 4) is 0 Å². The van der Waals surface area contributed by atoms with Gasteiger partial charge in [0.15, 0.2) is 5.96 Å². The maximum Gasteiger partial charge on any atom is 0.321 e. The summed E-state index contributed by atoms with van der Waals surface area (Å²) in [6, 6.07) is 7.83. The molecule has 0 bridgehead atoms. The van der Waals surface area contributed by atoms with Gasteiger partial charge in [0.1, 0.15) is 0 Å². The number of halogens is 1. The molecule has 1 heterocycles. The Morgan fingerprint density at radius 2 is 1.97 bits per heavy atom. The predicted molar refractivity (Wildman–Crippen MR) is 132 cm³/mol. The number of guanidine groups is 1. The molecule has 9 heteroatoms. The maximum absolute atomic E-state index is 12.3. The fraction of sp³-hybridized carbons (Fsp3) is 0.619. The van der Waals surface area contributed by atoms with Crippen molar-refractivity contribution in [1.29, 1.82) is 0 Å². The van der Waals surface area contributed by atoms with Gasteiger partial charge in [0, 0.05) is 45.6 Å². The van der Waals surface area contributed by atoms with Gasteiger partial charge in [-0.05, 0) is 43.9 Å². The van der Waals surface area contributed by atoms with E-state index in [4.69, 9.17) is 9.47 Å². The van der Waals surface area contributed by atoms with Gasteiger partial charge in [0.25, 0.3) is 0 Å². The molecule has 0 saturated carbocycles. The van der Waals surface area contributed by atoms with Crippen molar-refractivity contribution in [2.75, 3.05) is 58.4 Å². The highest BCUT2D eigenvalue weighted by atomic mass is 127. The Bertz CT molecular complexity index is 639. The second-order valence-electron chi connectivity index (χ2n) is 6.91. The molecule has 1 aliphatic rings. The van der Waals surface area contributed by atoms with Crippen LogP contribution in [0, 0.1) is 0 Å². The van der Waals surface area contributed by atoms with Gasteiger partial charge in [-0.1, -0.05) is 12.1 Å². The van der Waals surface area contributed by atoms with Crippen LogP contribution in [0.2, 0.25) is 0 Å². The number of ether oxygens (including phenoxy) is 2. The van der Waals surface area contributed by atoms with Gasteiger partial charge >= 0.3 is 6.03 Å². The molecule has 2 amide bonds. The van der Waals surface area contributed by atoms with Crippen LogP contribution < -0.4 is 16.0 Å². The van der Waals surface area contributed by atoms with E-state index < -0.39 is 0 Å². The summed E-state index contributed by atoms with van der Waals surface area (Å²) in [6.07, 6.45) is 3.06. The van der Waals surface area contributed by atoms with Crippen LogP contribution in [0.3, 0.4) is 0 Å². The van der Waals surface area contributed by atoms with E-state index in [0.717, 1.165) is 62.7 Å². The van der Waals surface area contributed by atoms with Crippen LogP contribution in [0.1, 0.15) is 31.7 Å². The minimum absolute atomic E-state index is 0. The van der Waals surface area contributed by atoms with E-state index in [0.29, 0.717) is 26.4 Å². The van der Waals surface area contributed by atoms with Crippen molar-refractivity contribution in [1.82, 2.24) is 15.5 Å². The number of hydrogen-bond donors (Lipinski definition) is 3. The zero-order valence-corrected chi connectivity index (χ0v) is 20.4. The molecule has 1 aliphatic heterocycles. The van der Waals surface area contributed by atoms with Crippen molar-refractivity contribution >= 4 is 41.7 Å². The summed E-state index contributed by atoms with van der Waals surface area (Å²) in [5.41, 5.74) is 1.85. The van der Waals surface area contributed by atoms with Gasteiger partial charge in [-0.25, -0.2) is 9.79 Å². The first-order chi connectivity index (χ1) is 14.2. The largest absolute Gasteiger partial charge is 0.382 e.